The van der Waals surface area contributed by atoms with E-state index in [4.69, 9.17) is 0 Å². The summed E-state index contributed by atoms with van der Waals surface area (Å²) in [4.78, 5) is 31.6. The molecule has 2 N–H and O–H groups in total. The van der Waals surface area contributed by atoms with Crippen LogP contribution in [0.25, 0.3) is 0 Å². The predicted octanol–water partition coefficient (Wildman–Crippen LogP) is 2.78. The van der Waals surface area contributed by atoms with Crippen LogP contribution in [-0.4, -0.2) is 55.9 Å². The third-order valence-electron chi connectivity index (χ3n) is 6.95. The Morgan fingerprint density at radius 1 is 1.26 bits per heavy atom. The quantitative estimate of drug-likeness (QED) is 0.541. The maximum absolute atomic E-state index is 15.1. The third-order valence-corrected chi connectivity index (χ3v) is 6.95. The van der Waals surface area contributed by atoms with Gasteiger partial charge in [-0.15, -0.1) is 0 Å². The van der Waals surface area contributed by atoms with Crippen molar-refractivity contribution in [2.45, 2.75) is 56.3 Å². The summed E-state index contributed by atoms with van der Waals surface area (Å²) in [6, 6.07) is 6.83. The van der Waals surface area contributed by atoms with Gasteiger partial charge < -0.3 is 10.2 Å². The fourth-order valence-corrected chi connectivity index (χ4v) is 4.68. The molecule has 2 fully saturated rings. The molecule has 2 amide bonds. The van der Waals surface area contributed by atoms with Gasteiger partial charge in [0.05, 0.1) is 30.9 Å². The number of nitrogens with one attached hydrogen (secondary N) is 2. The fraction of sp³-hybridized carbons (Fsp3) is 0.400. The van der Waals surface area contributed by atoms with Crippen LogP contribution in [0.4, 0.5) is 8.78 Å². The molecule has 0 bridgehead atoms. The summed E-state index contributed by atoms with van der Waals surface area (Å²) in [6.45, 7) is 1.86. The molecule has 3 aromatic rings. The van der Waals surface area contributed by atoms with Crippen molar-refractivity contribution in [2.24, 2.45) is 0 Å². The van der Waals surface area contributed by atoms with Gasteiger partial charge in [0.1, 0.15) is 18.0 Å². The van der Waals surface area contributed by atoms with Crippen LogP contribution in [0, 0.1) is 5.82 Å². The molecule has 1 aromatic carbocycles. The number of H-pyrrole nitrogens is 1. The molecule has 1 aliphatic carbocycles. The lowest BCUT2D eigenvalue weighted by molar-refractivity contribution is -0.138. The second kappa shape index (κ2) is 9.16. The number of carbonyl (C=O) groups is 2. The van der Waals surface area contributed by atoms with Gasteiger partial charge in [-0.05, 0) is 47.1 Å². The van der Waals surface area contributed by atoms with Crippen LogP contribution in [0.5, 0.6) is 0 Å². The Morgan fingerprint density at radius 2 is 2.09 bits per heavy atom. The molecule has 182 valence electrons. The molecule has 5 rings (SSSR count). The molecule has 1 aliphatic heterocycles. The fourth-order valence-electron chi connectivity index (χ4n) is 4.68. The zero-order valence-corrected chi connectivity index (χ0v) is 19.2. The molecule has 35 heavy (non-hydrogen) atoms. The second-order valence-electron chi connectivity index (χ2n) is 9.56. The Balaban J connectivity index is 1.39. The van der Waals surface area contributed by atoms with Gasteiger partial charge in [-0.1, -0.05) is 25.1 Å². The van der Waals surface area contributed by atoms with E-state index < -0.39 is 30.1 Å². The lowest BCUT2D eigenvalue weighted by Crippen LogP contribution is -2.47. The number of alkyl halides is 1. The van der Waals surface area contributed by atoms with E-state index in [9.17, 15) is 14.0 Å². The second-order valence-corrected chi connectivity index (χ2v) is 9.56. The number of nitrogens with zero attached hydrogens (tertiary/aromatic N) is 4. The Kier molecular flexibility index (Phi) is 6.04. The average Bonchev–Trinajstić information content (AvgIpc) is 3.21. The van der Waals surface area contributed by atoms with E-state index in [2.05, 4.69) is 25.7 Å². The number of benzene rings is 1. The Hall–Kier alpha value is -3.69. The summed E-state index contributed by atoms with van der Waals surface area (Å²) in [6.07, 6.45) is 4.97. The maximum Gasteiger partial charge on any atom is 0.243 e. The predicted molar refractivity (Wildman–Crippen MR) is 122 cm³/mol. The molecular formula is C25H26F2N6O2. The van der Waals surface area contributed by atoms with E-state index in [1.54, 1.807) is 36.7 Å². The van der Waals surface area contributed by atoms with Crippen molar-refractivity contribution < 1.29 is 18.4 Å². The highest BCUT2D eigenvalue weighted by Crippen LogP contribution is 2.48. The lowest BCUT2D eigenvalue weighted by atomic mass is 9.93. The summed E-state index contributed by atoms with van der Waals surface area (Å²) >= 11 is 0. The summed E-state index contributed by atoms with van der Waals surface area (Å²) in [5.41, 5.74) is 2.14. The van der Waals surface area contributed by atoms with Gasteiger partial charge in [-0.3, -0.25) is 14.6 Å². The molecule has 0 radical (unpaired) electrons. The number of aromatic amines is 1. The number of carbonyl (C=O) groups excluding carboxylic acids is 2. The lowest BCUT2D eigenvalue weighted by Gasteiger charge is -2.27. The van der Waals surface area contributed by atoms with Gasteiger partial charge in [0.15, 0.2) is 0 Å². The van der Waals surface area contributed by atoms with E-state index >= 15 is 4.39 Å². The van der Waals surface area contributed by atoms with Crippen LogP contribution in [0.2, 0.25) is 0 Å². The van der Waals surface area contributed by atoms with Crippen LogP contribution in [0.15, 0.2) is 48.9 Å². The van der Waals surface area contributed by atoms with Crippen molar-refractivity contribution in [3.8, 4) is 0 Å². The molecule has 3 atom stereocenters. The van der Waals surface area contributed by atoms with Crippen LogP contribution in [0.3, 0.4) is 0 Å². The van der Waals surface area contributed by atoms with E-state index in [1.807, 2.05) is 6.92 Å². The Bertz CT molecular complexity index is 1220. The molecule has 1 saturated carbocycles. The molecule has 3 unspecified atom stereocenters. The molecule has 2 aromatic heterocycles. The molecular weight excluding hydrogens is 454 g/mol. The largest absolute Gasteiger partial charge is 0.343 e. The molecule has 2 aliphatic rings. The normalized spacial score (nSPS) is 21.5. The first-order valence-electron chi connectivity index (χ1n) is 11.6. The van der Waals surface area contributed by atoms with Crippen molar-refractivity contribution >= 4 is 11.8 Å². The van der Waals surface area contributed by atoms with Crippen LogP contribution in [0.1, 0.15) is 54.6 Å². The number of rotatable bonds is 7. The highest BCUT2D eigenvalue weighted by molar-refractivity contribution is 5.89. The number of hydrogen-bond acceptors (Lipinski definition) is 5. The molecule has 1 saturated heterocycles. The number of aromatic nitrogens is 4. The molecule has 3 heterocycles. The summed E-state index contributed by atoms with van der Waals surface area (Å²) in [7, 11) is 0. The van der Waals surface area contributed by atoms with Crippen molar-refractivity contribution in [1.29, 1.82) is 0 Å². The Morgan fingerprint density at radius 3 is 2.74 bits per heavy atom. The molecule has 8 nitrogen and oxygen atoms in total. The van der Waals surface area contributed by atoms with Crippen LogP contribution in [-0.2, 0) is 21.4 Å². The van der Waals surface area contributed by atoms with Crippen LogP contribution >= 0.6 is 0 Å². The highest BCUT2D eigenvalue weighted by Gasteiger charge is 2.42. The van der Waals surface area contributed by atoms with Crippen molar-refractivity contribution in [3.05, 3.63) is 77.1 Å². The average molecular weight is 481 g/mol. The standard InChI is InChI=1S/C25H26F2N6O2/c1-25(6-7-25)19-5-4-15(9-20(19)27)23(16-3-2-8-28-12-16)30-24(35)21-10-17(26)14-33(21)22(34)11-18-13-29-32-31-18/h2-5,8-9,12-13,17,21,23H,6-7,10-11,14H2,1H3,(H,30,35)(H,29,31,32). The SMILES string of the molecule is CC1(c2ccc(C(NC(=O)C3CC(F)CN3C(=O)Cc3cn[nH]n3)c3cccnc3)cc2F)CC1. The number of halogens is 2. The molecule has 10 heteroatoms. The van der Waals surface area contributed by atoms with E-state index in [0.717, 1.165) is 12.8 Å². The Labute approximate surface area is 201 Å². The van der Waals surface area contributed by atoms with E-state index in [1.165, 1.54) is 17.2 Å². The number of hydrogen-bond donors (Lipinski definition) is 2. The third kappa shape index (κ3) is 4.78. The monoisotopic (exact) mass is 480 g/mol. The van der Waals surface area contributed by atoms with Gasteiger partial charge in [0.2, 0.25) is 11.8 Å². The van der Waals surface area contributed by atoms with Crippen molar-refractivity contribution in [2.75, 3.05) is 6.54 Å². The van der Waals surface area contributed by atoms with Crippen molar-refractivity contribution in [3.63, 3.8) is 0 Å². The maximum atomic E-state index is 15.1. The van der Waals surface area contributed by atoms with Gasteiger partial charge in [0, 0.05) is 18.8 Å². The van der Waals surface area contributed by atoms with E-state index in [0.29, 0.717) is 22.4 Å². The van der Waals surface area contributed by atoms with Gasteiger partial charge in [-0.25, -0.2) is 8.78 Å². The summed E-state index contributed by atoms with van der Waals surface area (Å²) < 4.78 is 29.4. The first-order chi connectivity index (χ1) is 16.8. The number of amides is 2. The van der Waals surface area contributed by atoms with Crippen molar-refractivity contribution in [1.82, 2.24) is 30.6 Å². The van der Waals surface area contributed by atoms with Gasteiger partial charge >= 0.3 is 0 Å². The van der Waals surface area contributed by atoms with Crippen LogP contribution < -0.4 is 5.32 Å². The minimum absolute atomic E-state index is 0.0928. The number of pyridine rings is 1. The smallest absolute Gasteiger partial charge is 0.243 e. The highest BCUT2D eigenvalue weighted by atomic mass is 19.1. The number of likely N-dealkylation sites (tertiary alicyclic amines) is 1. The van der Waals surface area contributed by atoms with Gasteiger partial charge in [-0.2, -0.15) is 15.4 Å². The molecule has 0 spiro atoms. The minimum Gasteiger partial charge on any atom is -0.343 e. The minimum atomic E-state index is -1.32. The zero-order chi connectivity index (χ0) is 24.6. The first kappa shape index (κ1) is 23.1. The van der Waals surface area contributed by atoms with E-state index in [-0.39, 0.29) is 30.6 Å². The zero-order valence-electron chi connectivity index (χ0n) is 19.2. The first-order valence-corrected chi connectivity index (χ1v) is 11.6. The summed E-state index contributed by atoms with van der Waals surface area (Å²) in [5.74, 6) is -1.24. The topological polar surface area (TPSA) is 104 Å². The summed E-state index contributed by atoms with van der Waals surface area (Å²) in [5, 5.41) is 12.9. The van der Waals surface area contributed by atoms with Gasteiger partial charge in [0.25, 0.3) is 0 Å².